The van der Waals surface area contributed by atoms with Gasteiger partial charge in [-0.05, 0) is 45.6 Å². The summed E-state index contributed by atoms with van der Waals surface area (Å²) >= 11 is 3.59. The average Bonchev–Trinajstić information content (AvgIpc) is 2.57. The van der Waals surface area contributed by atoms with E-state index in [1.807, 2.05) is 30.3 Å². The van der Waals surface area contributed by atoms with E-state index in [1.54, 1.807) is 0 Å². The minimum Gasteiger partial charge on any atom is -0.483 e. The SMILES string of the molecule is O=C(COc1ccc2ccccc2c1Br)NC1CCCCCCC1. The molecule has 4 heteroatoms. The van der Waals surface area contributed by atoms with E-state index in [9.17, 15) is 4.79 Å². The Morgan fingerprint density at radius 2 is 1.75 bits per heavy atom. The molecule has 128 valence electrons. The largest absolute Gasteiger partial charge is 0.483 e. The summed E-state index contributed by atoms with van der Waals surface area (Å²) in [7, 11) is 0. The first-order valence-electron chi connectivity index (χ1n) is 8.83. The van der Waals surface area contributed by atoms with Gasteiger partial charge in [0.25, 0.3) is 5.91 Å². The van der Waals surface area contributed by atoms with Gasteiger partial charge in [0.15, 0.2) is 6.61 Å². The lowest BCUT2D eigenvalue weighted by molar-refractivity contribution is -0.123. The molecule has 0 unspecified atom stereocenters. The Balaban J connectivity index is 1.57. The van der Waals surface area contributed by atoms with Gasteiger partial charge in [0.05, 0.1) is 4.47 Å². The molecule has 0 spiro atoms. The summed E-state index contributed by atoms with van der Waals surface area (Å²) < 4.78 is 6.65. The number of halogens is 1. The summed E-state index contributed by atoms with van der Waals surface area (Å²) in [4.78, 5) is 12.2. The smallest absolute Gasteiger partial charge is 0.258 e. The zero-order valence-electron chi connectivity index (χ0n) is 13.9. The van der Waals surface area contributed by atoms with Crippen molar-refractivity contribution in [3.63, 3.8) is 0 Å². The number of rotatable bonds is 4. The van der Waals surface area contributed by atoms with Crippen LogP contribution in [0.2, 0.25) is 0 Å². The third kappa shape index (κ3) is 4.50. The number of hydrogen-bond acceptors (Lipinski definition) is 2. The van der Waals surface area contributed by atoms with Crippen molar-refractivity contribution in [2.45, 2.75) is 51.0 Å². The number of nitrogens with one attached hydrogen (secondary N) is 1. The highest BCUT2D eigenvalue weighted by Gasteiger charge is 2.15. The molecule has 0 atom stereocenters. The monoisotopic (exact) mass is 389 g/mol. The van der Waals surface area contributed by atoms with Gasteiger partial charge in [-0.15, -0.1) is 0 Å². The number of fused-ring (bicyclic) bond motifs is 1. The first-order valence-corrected chi connectivity index (χ1v) is 9.63. The number of carbonyl (C=O) groups is 1. The molecule has 3 rings (SSSR count). The number of benzene rings is 2. The molecule has 0 saturated heterocycles. The highest BCUT2D eigenvalue weighted by molar-refractivity contribution is 9.10. The van der Waals surface area contributed by atoms with E-state index in [0.29, 0.717) is 11.8 Å². The number of hydrogen-bond donors (Lipinski definition) is 1. The predicted octanol–water partition coefficient (Wildman–Crippen LogP) is 5.21. The van der Waals surface area contributed by atoms with Gasteiger partial charge < -0.3 is 10.1 Å². The molecule has 0 bridgehead atoms. The van der Waals surface area contributed by atoms with E-state index in [4.69, 9.17) is 4.74 Å². The van der Waals surface area contributed by atoms with E-state index >= 15 is 0 Å². The van der Waals surface area contributed by atoms with Crippen molar-refractivity contribution in [3.05, 3.63) is 40.9 Å². The van der Waals surface area contributed by atoms with Crippen LogP contribution < -0.4 is 10.1 Å². The van der Waals surface area contributed by atoms with Crippen LogP contribution in [0.15, 0.2) is 40.9 Å². The molecule has 1 fully saturated rings. The summed E-state index contributed by atoms with van der Waals surface area (Å²) in [6.07, 6.45) is 8.50. The van der Waals surface area contributed by atoms with Crippen LogP contribution in [0.1, 0.15) is 44.9 Å². The Hall–Kier alpha value is -1.55. The fourth-order valence-corrected chi connectivity index (χ4v) is 3.95. The second kappa shape index (κ2) is 8.52. The van der Waals surface area contributed by atoms with E-state index in [-0.39, 0.29) is 12.5 Å². The van der Waals surface area contributed by atoms with Crippen LogP contribution in [-0.4, -0.2) is 18.6 Å². The molecule has 1 aliphatic rings. The Bertz CT molecular complexity index is 693. The molecule has 0 heterocycles. The third-order valence-electron chi connectivity index (χ3n) is 4.66. The highest BCUT2D eigenvalue weighted by Crippen LogP contribution is 2.32. The van der Waals surface area contributed by atoms with Gasteiger partial charge in [-0.2, -0.15) is 0 Å². The van der Waals surface area contributed by atoms with Gasteiger partial charge in [-0.1, -0.05) is 62.4 Å². The second-order valence-corrected chi connectivity index (χ2v) is 7.29. The maximum atomic E-state index is 12.2. The lowest BCUT2D eigenvalue weighted by atomic mass is 9.97. The molecular weight excluding hydrogens is 366 g/mol. The van der Waals surface area contributed by atoms with Crippen molar-refractivity contribution >= 4 is 32.6 Å². The van der Waals surface area contributed by atoms with Gasteiger partial charge in [-0.3, -0.25) is 4.79 Å². The van der Waals surface area contributed by atoms with Crippen LogP contribution >= 0.6 is 15.9 Å². The van der Waals surface area contributed by atoms with Crippen LogP contribution in [0.4, 0.5) is 0 Å². The van der Waals surface area contributed by atoms with Crippen LogP contribution in [-0.2, 0) is 4.79 Å². The molecule has 2 aromatic carbocycles. The third-order valence-corrected chi connectivity index (χ3v) is 5.47. The molecule has 1 amide bonds. The van der Waals surface area contributed by atoms with E-state index in [1.165, 1.54) is 32.1 Å². The summed E-state index contributed by atoms with van der Waals surface area (Å²) in [5, 5.41) is 5.38. The maximum Gasteiger partial charge on any atom is 0.258 e. The molecule has 24 heavy (non-hydrogen) atoms. The Morgan fingerprint density at radius 3 is 2.54 bits per heavy atom. The zero-order valence-corrected chi connectivity index (χ0v) is 15.5. The van der Waals surface area contributed by atoms with E-state index in [0.717, 1.165) is 28.1 Å². The Morgan fingerprint density at radius 1 is 1.04 bits per heavy atom. The van der Waals surface area contributed by atoms with Gasteiger partial charge in [0.2, 0.25) is 0 Å². The van der Waals surface area contributed by atoms with Gasteiger partial charge in [-0.25, -0.2) is 0 Å². The quantitative estimate of drug-likeness (QED) is 0.778. The molecule has 1 aliphatic carbocycles. The Kier molecular flexibility index (Phi) is 6.13. The van der Waals surface area contributed by atoms with Crippen molar-refractivity contribution in [1.82, 2.24) is 5.32 Å². The van der Waals surface area contributed by atoms with Crippen molar-refractivity contribution in [2.75, 3.05) is 6.61 Å². The first kappa shape index (κ1) is 17.3. The lowest BCUT2D eigenvalue weighted by Crippen LogP contribution is -2.38. The van der Waals surface area contributed by atoms with Gasteiger partial charge in [0.1, 0.15) is 5.75 Å². The van der Waals surface area contributed by atoms with Crippen molar-refractivity contribution in [3.8, 4) is 5.75 Å². The number of ether oxygens (including phenoxy) is 1. The molecule has 3 nitrogen and oxygen atoms in total. The van der Waals surface area contributed by atoms with Gasteiger partial charge in [0, 0.05) is 6.04 Å². The molecule has 0 radical (unpaired) electrons. The van der Waals surface area contributed by atoms with Crippen LogP contribution in [0.25, 0.3) is 10.8 Å². The highest BCUT2D eigenvalue weighted by atomic mass is 79.9. The summed E-state index contributed by atoms with van der Waals surface area (Å²) in [6.45, 7) is 0.0629. The van der Waals surface area contributed by atoms with E-state index in [2.05, 4.69) is 27.3 Å². The maximum absolute atomic E-state index is 12.2. The second-order valence-electron chi connectivity index (χ2n) is 6.50. The minimum atomic E-state index is -0.0272. The van der Waals surface area contributed by atoms with E-state index < -0.39 is 0 Å². The fraction of sp³-hybridized carbons (Fsp3) is 0.450. The van der Waals surface area contributed by atoms with Crippen molar-refractivity contribution < 1.29 is 9.53 Å². The summed E-state index contributed by atoms with van der Waals surface area (Å²) in [5.74, 6) is 0.683. The standard InChI is InChI=1S/C20H24BrNO2/c21-20-17-11-7-6-8-15(17)12-13-18(20)24-14-19(23)22-16-9-4-2-1-3-5-10-16/h6-8,11-13,16H,1-5,9-10,14H2,(H,22,23). The summed E-state index contributed by atoms with van der Waals surface area (Å²) in [5.41, 5.74) is 0. The van der Waals surface area contributed by atoms with Crippen LogP contribution in [0, 0.1) is 0 Å². The van der Waals surface area contributed by atoms with Crippen LogP contribution in [0.5, 0.6) is 5.75 Å². The molecule has 1 N–H and O–H groups in total. The Labute approximate surface area is 151 Å². The average molecular weight is 390 g/mol. The number of amides is 1. The van der Waals surface area contributed by atoms with Crippen molar-refractivity contribution in [2.24, 2.45) is 0 Å². The van der Waals surface area contributed by atoms with Crippen molar-refractivity contribution in [1.29, 1.82) is 0 Å². The molecular formula is C20H24BrNO2. The zero-order chi connectivity index (χ0) is 16.8. The molecule has 1 saturated carbocycles. The fourth-order valence-electron chi connectivity index (χ4n) is 3.34. The first-order chi connectivity index (χ1) is 11.7. The predicted molar refractivity (Wildman–Crippen MR) is 101 cm³/mol. The topological polar surface area (TPSA) is 38.3 Å². The normalized spacial score (nSPS) is 16.4. The van der Waals surface area contributed by atoms with Crippen LogP contribution in [0.3, 0.4) is 0 Å². The number of carbonyl (C=O) groups excluding carboxylic acids is 1. The molecule has 2 aromatic rings. The minimum absolute atomic E-state index is 0.0272. The molecule has 0 aromatic heterocycles. The lowest BCUT2D eigenvalue weighted by Gasteiger charge is -2.21. The summed E-state index contributed by atoms with van der Waals surface area (Å²) in [6, 6.07) is 12.3. The van der Waals surface area contributed by atoms with Gasteiger partial charge >= 0.3 is 0 Å². The molecule has 0 aliphatic heterocycles.